The van der Waals surface area contributed by atoms with Crippen LogP contribution in [0.3, 0.4) is 0 Å². The number of hydrogen-bond acceptors (Lipinski definition) is 6. The average Bonchev–Trinajstić information content (AvgIpc) is 3.22. The predicted octanol–water partition coefficient (Wildman–Crippen LogP) is 3.49. The Bertz CT molecular complexity index is 1070. The molecule has 1 amide bonds. The van der Waals surface area contributed by atoms with Gasteiger partial charge in [0.25, 0.3) is 11.6 Å². The van der Waals surface area contributed by atoms with Crippen molar-refractivity contribution in [3.8, 4) is 17.1 Å². The largest absolute Gasteiger partial charge is 0.497 e. The monoisotopic (exact) mass is 396 g/mol. The minimum atomic E-state index is -1.03. The Hall–Kier alpha value is -4.14. The third-order valence-corrected chi connectivity index (χ3v) is 4.15. The van der Waals surface area contributed by atoms with Gasteiger partial charge in [-0.1, -0.05) is 12.1 Å². The molecule has 2 aromatic carbocycles. The van der Waals surface area contributed by atoms with Crippen molar-refractivity contribution in [1.82, 2.24) is 5.32 Å². The number of methoxy groups -OCH3 is 1. The molecular formula is C20H16N2O7. The number of nitro groups is 1. The molecule has 0 radical (unpaired) electrons. The maximum absolute atomic E-state index is 12.3. The summed E-state index contributed by atoms with van der Waals surface area (Å²) in [6.07, 6.45) is 0. The van der Waals surface area contributed by atoms with Crippen molar-refractivity contribution in [2.45, 2.75) is 6.54 Å². The Morgan fingerprint density at radius 2 is 1.86 bits per heavy atom. The van der Waals surface area contributed by atoms with E-state index in [0.29, 0.717) is 11.3 Å². The second kappa shape index (κ2) is 8.26. The molecule has 0 saturated carbocycles. The van der Waals surface area contributed by atoms with E-state index in [1.807, 2.05) is 0 Å². The fraction of sp³-hybridized carbons (Fsp3) is 0.100. The fourth-order valence-electron chi connectivity index (χ4n) is 2.64. The van der Waals surface area contributed by atoms with Crippen LogP contribution >= 0.6 is 0 Å². The quantitative estimate of drug-likeness (QED) is 0.461. The molecule has 0 unspecified atom stereocenters. The summed E-state index contributed by atoms with van der Waals surface area (Å²) in [6, 6.07) is 13.3. The first kappa shape index (κ1) is 19.6. The first-order chi connectivity index (χ1) is 13.9. The van der Waals surface area contributed by atoms with Crippen LogP contribution in [0.15, 0.2) is 59.0 Å². The standard InChI is InChI=1S/C20H16N2O7/c1-28-14-6-7-15(16(10-14)22(26)27)17-8-9-18(29-17)19(23)21-11-12-2-4-13(5-3-12)20(24)25/h2-10H,11H2,1H3,(H,21,23)(H,24,25). The lowest BCUT2D eigenvalue weighted by molar-refractivity contribution is -0.384. The van der Waals surface area contributed by atoms with Gasteiger partial charge < -0.3 is 19.6 Å². The Labute approximate surface area is 164 Å². The molecule has 0 fully saturated rings. The van der Waals surface area contributed by atoms with Gasteiger partial charge in [-0.15, -0.1) is 0 Å². The van der Waals surface area contributed by atoms with Crippen LogP contribution in [0.4, 0.5) is 5.69 Å². The van der Waals surface area contributed by atoms with E-state index >= 15 is 0 Å². The molecular weight excluding hydrogens is 380 g/mol. The summed E-state index contributed by atoms with van der Waals surface area (Å²) in [5.41, 5.74) is 0.876. The summed E-state index contributed by atoms with van der Waals surface area (Å²) in [4.78, 5) is 33.9. The highest BCUT2D eigenvalue weighted by Crippen LogP contribution is 2.34. The topological polar surface area (TPSA) is 132 Å². The van der Waals surface area contributed by atoms with Gasteiger partial charge >= 0.3 is 5.97 Å². The number of carboxylic acids is 1. The minimum absolute atomic E-state index is 0.00716. The van der Waals surface area contributed by atoms with Crippen molar-refractivity contribution in [2.24, 2.45) is 0 Å². The zero-order valence-electron chi connectivity index (χ0n) is 15.2. The Morgan fingerprint density at radius 3 is 2.48 bits per heavy atom. The van der Waals surface area contributed by atoms with E-state index in [1.54, 1.807) is 18.2 Å². The van der Waals surface area contributed by atoms with Gasteiger partial charge in [0.2, 0.25) is 0 Å². The number of ether oxygens (including phenoxy) is 1. The lowest BCUT2D eigenvalue weighted by Crippen LogP contribution is -2.22. The van der Waals surface area contributed by atoms with Crippen molar-refractivity contribution in [2.75, 3.05) is 7.11 Å². The second-order valence-electron chi connectivity index (χ2n) is 5.99. The smallest absolute Gasteiger partial charge is 0.335 e. The van der Waals surface area contributed by atoms with Gasteiger partial charge in [0.15, 0.2) is 5.76 Å². The normalized spacial score (nSPS) is 10.4. The number of nitrogens with one attached hydrogen (secondary N) is 1. The summed E-state index contributed by atoms with van der Waals surface area (Å²) in [7, 11) is 1.41. The van der Waals surface area contributed by atoms with Crippen molar-refractivity contribution in [3.63, 3.8) is 0 Å². The number of nitro benzene ring substituents is 1. The summed E-state index contributed by atoms with van der Waals surface area (Å²) in [5, 5.41) is 22.9. The number of rotatable bonds is 7. The zero-order valence-corrected chi connectivity index (χ0v) is 15.2. The Morgan fingerprint density at radius 1 is 1.14 bits per heavy atom. The lowest BCUT2D eigenvalue weighted by atomic mass is 10.1. The van der Waals surface area contributed by atoms with Gasteiger partial charge in [0.05, 0.1) is 29.2 Å². The van der Waals surface area contributed by atoms with Crippen LogP contribution in [-0.4, -0.2) is 29.0 Å². The summed E-state index contributed by atoms with van der Waals surface area (Å²) >= 11 is 0. The summed E-state index contributed by atoms with van der Waals surface area (Å²) in [6.45, 7) is 0.164. The molecule has 0 bridgehead atoms. The molecule has 0 spiro atoms. The highest BCUT2D eigenvalue weighted by atomic mass is 16.6. The lowest BCUT2D eigenvalue weighted by Gasteiger charge is -2.05. The number of carboxylic acid groups (broad SMARTS) is 1. The van der Waals surface area contributed by atoms with Crippen molar-refractivity contribution in [3.05, 3.63) is 81.6 Å². The Kier molecular flexibility index (Phi) is 5.59. The van der Waals surface area contributed by atoms with Gasteiger partial charge in [-0.3, -0.25) is 14.9 Å². The number of carbonyl (C=O) groups excluding carboxylic acids is 1. The van der Waals surface area contributed by atoms with Gasteiger partial charge in [0.1, 0.15) is 11.5 Å². The number of furan rings is 1. The molecule has 0 saturated heterocycles. The molecule has 0 aliphatic rings. The van der Waals surface area contributed by atoms with Crippen LogP contribution in [0.1, 0.15) is 26.5 Å². The van der Waals surface area contributed by atoms with Crippen LogP contribution in [0.25, 0.3) is 11.3 Å². The molecule has 0 atom stereocenters. The second-order valence-corrected chi connectivity index (χ2v) is 5.99. The number of nitrogens with zero attached hydrogens (tertiary/aromatic N) is 1. The van der Waals surface area contributed by atoms with Crippen LogP contribution in [0.2, 0.25) is 0 Å². The molecule has 1 aromatic heterocycles. The molecule has 3 rings (SSSR count). The first-order valence-corrected chi connectivity index (χ1v) is 8.42. The van der Waals surface area contributed by atoms with Crippen LogP contribution in [0, 0.1) is 10.1 Å². The minimum Gasteiger partial charge on any atom is -0.497 e. The Balaban J connectivity index is 1.73. The van der Waals surface area contributed by atoms with E-state index in [-0.39, 0.29) is 34.9 Å². The number of benzene rings is 2. The van der Waals surface area contributed by atoms with E-state index in [2.05, 4.69) is 5.32 Å². The van der Waals surface area contributed by atoms with Crippen molar-refractivity contribution >= 4 is 17.6 Å². The van der Waals surface area contributed by atoms with Crippen LogP contribution in [-0.2, 0) is 6.54 Å². The molecule has 9 heteroatoms. The van der Waals surface area contributed by atoms with Crippen molar-refractivity contribution in [1.29, 1.82) is 0 Å². The maximum atomic E-state index is 12.3. The highest BCUT2D eigenvalue weighted by Gasteiger charge is 2.21. The van der Waals surface area contributed by atoms with E-state index in [9.17, 15) is 19.7 Å². The highest BCUT2D eigenvalue weighted by molar-refractivity contribution is 5.92. The number of hydrogen-bond donors (Lipinski definition) is 2. The molecule has 148 valence electrons. The molecule has 29 heavy (non-hydrogen) atoms. The zero-order chi connectivity index (χ0) is 21.0. The SMILES string of the molecule is COc1ccc(-c2ccc(C(=O)NCc3ccc(C(=O)O)cc3)o2)c([N+](=O)[O-])c1. The predicted molar refractivity (Wildman–Crippen MR) is 102 cm³/mol. The van der Waals surface area contributed by atoms with E-state index in [4.69, 9.17) is 14.3 Å². The van der Waals surface area contributed by atoms with E-state index in [0.717, 1.165) is 0 Å². The molecule has 1 heterocycles. The van der Waals surface area contributed by atoms with Gasteiger partial charge in [-0.25, -0.2) is 4.79 Å². The summed E-state index contributed by atoms with van der Waals surface area (Å²) in [5.74, 6) is -1.03. The van der Waals surface area contributed by atoms with Crippen LogP contribution < -0.4 is 10.1 Å². The average molecular weight is 396 g/mol. The number of amides is 1. The van der Waals surface area contributed by atoms with Crippen molar-refractivity contribution < 1.29 is 28.8 Å². The molecule has 0 aliphatic carbocycles. The number of carbonyl (C=O) groups is 2. The maximum Gasteiger partial charge on any atom is 0.335 e. The van der Waals surface area contributed by atoms with E-state index in [1.165, 1.54) is 43.5 Å². The third kappa shape index (κ3) is 4.41. The van der Waals surface area contributed by atoms with Crippen LogP contribution in [0.5, 0.6) is 5.75 Å². The summed E-state index contributed by atoms with van der Waals surface area (Å²) < 4.78 is 10.5. The molecule has 2 N–H and O–H groups in total. The molecule has 3 aromatic rings. The van der Waals surface area contributed by atoms with Gasteiger partial charge in [0, 0.05) is 6.54 Å². The molecule has 9 nitrogen and oxygen atoms in total. The third-order valence-electron chi connectivity index (χ3n) is 4.15. The number of aromatic carboxylic acids is 1. The fourth-order valence-corrected chi connectivity index (χ4v) is 2.64. The molecule has 0 aliphatic heterocycles. The first-order valence-electron chi connectivity index (χ1n) is 8.42. The van der Waals surface area contributed by atoms with Gasteiger partial charge in [-0.05, 0) is 42.0 Å². The van der Waals surface area contributed by atoms with E-state index < -0.39 is 16.8 Å². The van der Waals surface area contributed by atoms with Gasteiger partial charge in [-0.2, -0.15) is 0 Å².